The maximum Gasteiger partial charge on any atom is 0.259 e. The molecule has 3 aromatic rings. The molecule has 1 aromatic carbocycles. The highest BCUT2D eigenvalue weighted by molar-refractivity contribution is 6.07. The lowest BCUT2D eigenvalue weighted by Gasteiger charge is -2.32. The molecule has 1 saturated heterocycles. The summed E-state index contributed by atoms with van der Waals surface area (Å²) in [6.45, 7) is 3.18. The van der Waals surface area contributed by atoms with Crippen LogP contribution in [-0.2, 0) is 0 Å². The summed E-state index contributed by atoms with van der Waals surface area (Å²) < 4.78 is 18.6. The molecule has 0 aliphatic carbocycles. The molecule has 3 heterocycles. The lowest BCUT2D eigenvalue weighted by molar-refractivity contribution is 0.0700. The predicted molar refractivity (Wildman–Crippen MR) is 107 cm³/mol. The Hall–Kier alpha value is -2.51. The molecular formula is C20H22ClFN4O2. The lowest BCUT2D eigenvalue weighted by atomic mass is 10.0. The first-order valence-corrected chi connectivity index (χ1v) is 9.06. The van der Waals surface area contributed by atoms with E-state index in [1.165, 1.54) is 12.1 Å². The van der Waals surface area contributed by atoms with Gasteiger partial charge in [0.15, 0.2) is 0 Å². The van der Waals surface area contributed by atoms with E-state index in [1.807, 2.05) is 11.9 Å². The van der Waals surface area contributed by atoms with Gasteiger partial charge in [0.25, 0.3) is 11.6 Å². The van der Waals surface area contributed by atoms with Crippen molar-refractivity contribution < 1.29 is 13.7 Å². The van der Waals surface area contributed by atoms with Gasteiger partial charge in [0.05, 0.1) is 22.3 Å². The Balaban J connectivity index is 0.00000225. The van der Waals surface area contributed by atoms with Crippen LogP contribution in [0.4, 0.5) is 4.39 Å². The van der Waals surface area contributed by atoms with Crippen LogP contribution in [0.5, 0.6) is 0 Å². The van der Waals surface area contributed by atoms with Gasteiger partial charge in [-0.05, 0) is 57.1 Å². The number of carbonyl (C=O) groups is 1. The summed E-state index contributed by atoms with van der Waals surface area (Å²) in [4.78, 5) is 19.6. The van der Waals surface area contributed by atoms with Crippen LogP contribution in [0.3, 0.4) is 0 Å². The molecule has 0 bridgehead atoms. The Morgan fingerprint density at radius 3 is 2.79 bits per heavy atom. The molecule has 1 N–H and O–H groups in total. The Bertz CT molecular complexity index is 990. The van der Waals surface area contributed by atoms with Gasteiger partial charge in [-0.25, -0.2) is 9.37 Å². The number of rotatable bonds is 3. The van der Waals surface area contributed by atoms with Gasteiger partial charge >= 0.3 is 0 Å². The number of amides is 1. The molecule has 8 heteroatoms. The number of piperidine rings is 1. The van der Waals surface area contributed by atoms with Crippen molar-refractivity contribution in [2.45, 2.75) is 25.8 Å². The molecule has 28 heavy (non-hydrogen) atoms. The first-order chi connectivity index (χ1) is 13.1. The molecule has 0 radical (unpaired) electrons. The number of likely N-dealkylation sites (tertiary alicyclic amines) is 1. The lowest BCUT2D eigenvalue weighted by Crippen LogP contribution is -2.47. The topological polar surface area (TPSA) is 71.3 Å². The predicted octanol–water partition coefficient (Wildman–Crippen LogP) is 3.58. The second-order valence-corrected chi connectivity index (χ2v) is 6.89. The van der Waals surface area contributed by atoms with Crippen LogP contribution in [0.1, 0.15) is 28.9 Å². The average molecular weight is 405 g/mol. The first kappa shape index (κ1) is 20.2. The molecule has 1 atom stereocenters. The molecule has 0 spiro atoms. The van der Waals surface area contributed by atoms with Gasteiger partial charge in [-0.1, -0.05) is 5.16 Å². The Morgan fingerprint density at radius 2 is 2.07 bits per heavy atom. The van der Waals surface area contributed by atoms with Gasteiger partial charge in [0.1, 0.15) is 5.82 Å². The summed E-state index contributed by atoms with van der Waals surface area (Å²) in [7, 11) is 1.92. The third-order valence-electron chi connectivity index (χ3n) is 5.10. The Kier molecular flexibility index (Phi) is 5.96. The minimum atomic E-state index is -0.321. The molecule has 1 aliphatic heterocycles. The molecule has 1 amide bonds. The molecular weight excluding hydrogens is 383 g/mol. The molecule has 2 aromatic heterocycles. The summed E-state index contributed by atoms with van der Waals surface area (Å²) >= 11 is 0. The van der Waals surface area contributed by atoms with Crippen LogP contribution in [0.2, 0.25) is 0 Å². The van der Waals surface area contributed by atoms with Crippen molar-refractivity contribution in [3.8, 4) is 11.3 Å². The largest absolute Gasteiger partial charge is 0.337 e. The number of aryl methyl sites for hydroxylation is 1. The first-order valence-electron chi connectivity index (χ1n) is 9.06. The number of carbonyl (C=O) groups excluding carboxylic acids is 1. The van der Waals surface area contributed by atoms with Gasteiger partial charge in [-0.2, -0.15) is 0 Å². The van der Waals surface area contributed by atoms with Gasteiger partial charge in [-0.3, -0.25) is 4.79 Å². The monoisotopic (exact) mass is 404 g/mol. The number of halogens is 2. The van der Waals surface area contributed by atoms with E-state index in [0.29, 0.717) is 46.2 Å². The number of nitrogens with one attached hydrogen (secondary N) is 1. The van der Waals surface area contributed by atoms with E-state index in [2.05, 4.69) is 15.5 Å². The van der Waals surface area contributed by atoms with Crippen molar-refractivity contribution in [1.82, 2.24) is 20.4 Å². The van der Waals surface area contributed by atoms with E-state index >= 15 is 0 Å². The van der Waals surface area contributed by atoms with Crippen molar-refractivity contribution in [1.29, 1.82) is 0 Å². The molecule has 1 aliphatic rings. The maximum absolute atomic E-state index is 13.3. The second-order valence-electron chi connectivity index (χ2n) is 6.89. The maximum atomic E-state index is 13.3. The number of fused-ring (bicyclic) bond motifs is 1. The van der Waals surface area contributed by atoms with Gasteiger partial charge < -0.3 is 14.7 Å². The normalized spacial score (nSPS) is 16.8. The fourth-order valence-corrected chi connectivity index (χ4v) is 3.60. The quantitative estimate of drug-likeness (QED) is 0.722. The van der Waals surface area contributed by atoms with Crippen molar-refractivity contribution in [2.75, 3.05) is 20.1 Å². The van der Waals surface area contributed by atoms with E-state index in [0.717, 1.165) is 19.4 Å². The van der Waals surface area contributed by atoms with Crippen molar-refractivity contribution in [3.63, 3.8) is 0 Å². The highest BCUT2D eigenvalue weighted by Crippen LogP contribution is 2.28. The molecule has 148 valence electrons. The van der Waals surface area contributed by atoms with Crippen LogP contribution in [0.15, 0.2) is 34.9 Å². The molecule has 1 fully saturated rings. The number of hydrogen-bond donors (Lipinski definition) is 1. The molecule has 0 saturated carbocycles. The van der Waals surface area contributed by atoms with E-state index in [4.69, 9.17) is 4.52 Å². The average Bonchev–Trinajstić information content (AvgIpc) is 3.08. The Morgan fingerprint density at radius 1 is 1.32 bits per heavy atom. The van der Waals surface area contributed by atoms with Crippen molar-refractivity contribution >= 4 is 29.4 Å². The van der Waals surface area contributed by atoms with Gasteiger partial charge in [0, 0.05) is 24.7 Å². The molecule has 6 nitrogen and oxygen atoms in total. The standard InChI is InChI=1S/C20H21FN4O2.ClH/c1-12-18-16(20(26)25-9-3-4-15(11-25)22-2)10-17(23-19(18)27-24-12)13-5-7-14(21)8-6-13;/h5-8,10,15,22H,3-4,9,11H2,1-2H3;1H. The smallest absolute Gasteiger partial charge is 0.259 e. The third kappa shape index (κ3) is 3.72. The summed E-state index contributed by atoms with van der Waals surface area (Å²) in [5.41, 5.74) is 2.75. The van der Waals surface area contributed by atoms with Crippen LogP contribution in [-0.4, -0.2) is 47.1 Å². The van der Waals surface area contributed by atoms with Crippen LogP contribution in [0, 0.1) is 12.7 Å². The summed E-state index contributed by atoms with van der Waals surface area (Å²) in [5.74, 6) is -0.380. The number of nitrogens with zero attached hydrogens (tertiary/aromatic N) is 3. The number of hydrogen-bond acceptors (Lipinski definition) is 5. The number of pyridine rings is 1. The minimum absolute atomic E-state index is 0. The van der Waals surface area contributed by atoms with Crippen molar-refractivity contribution in [3.05, 3.63) is 47.4 Å². The Labute approximate surface area is 168 Å². The van der Waals surface area contributed by atoms with E-state index in [1.54, 1.807) is 25.1 Å². The van der Waals surface area contributed by atoms with Crippen LogP contribution < -0.4 is 5.32 Å². The zero-order chi connectivity index (χ0) is 19.0. The molecule has 4 rings (SSSR count). The minimum Gasteiger partial charge on any atom is -0.337 e. The highest BCUT2D eigenvalue weighted by atomic mass is 35.5. The number of benzene rings is 1. The fourth-order valence-electron chi connectivity index (χ4n) is 3.60. The van der Waals surface area contributed by atoms with E-state index < -0.39 is 0 Å². The van der Waals surface area contributed by atoms with Crippen LogP contribution >= 0.6 is 12.4 Å². The third-order valence-corrected chi connectivity index (χ3v) is 5.10. The van der Waals surface area contributed by atoms with E-state index in [-0.39, 0.29) is 24.1 Å². The number of aromatic nitrogens is 2. The van der Waals surface area contributed by atoms with E-state index in [9.17, 15) is 9.18 Å². The summed E-state index contributed by atoms with van der Waals surface area (Å²) in [6.07, 6.45) is 2.01. The molecule has 1 unspecified atom stereocenters. The SMILES string of the molecule is CNC1CCCN(C(=O)c2cc(-c3ccc(F)cc3)nc3onc(C)c23)C1.Cl. The highest BCUT2D eigenvalue weighted by Gasteiger charge is 2.27. The zero-order valence-corrected chi connectivity index (χ0v) is 16.6. The second kappa shape index (κ2) is 8.24. The number of likely N-dealkylation sites (N-methyl/N-ethyl adjacent to an activating group) is 1. The van der Waals surface area contributed by atoms with Gasteiger partial charge in [0.2, 0.25) is 0 Å². The summed E-state index contributed by atoms with van der Waals surface area (Å²) in [6, 6.07) is 8.07. The van der Waals surface area contributed by atoms with Crippen molar-refractivity contribution in [2.24, 2.45) is 0 Å². The summed E-state index contributed by atoms with van der Waals surface area (Å²) in [5, 5.41) is 7.87. The fraction of sp³-hybridized carbons (Fsp3) is 0.350. The van der Waals surface area contributed by atoms with Gasteiger partial charge in [-0.15, -0.1) is 12.4 Å². The zero-order valence-electron chi connectivity index (χ0n) is 15.7. The van der Waals surface area contributed by atoms with Crippen LogP contribution in [0.25, 0.3) is 22.4 Å².